The fourth-order valence-electron chi connectivity index (χ4n) is 2.17. The molecule has 2 rings (SSSR count). The number of methoxy groups -OCH3 is 2. The van der Waals surface area contributed by atoms with Crippen molar-refractivity contribution in [2.75, 3.05) is 14.2 Å². The van der Waals surface area contributed by atoms with E-state index in [1.165, 1.54) is 26.4 Å². The van der Waals surface area contributed by atoms with E-state index in [9.17, 15) is 15.0 Å². The Bertz CT molecular complexity index is 642. The molecule has 22 heavy (non-hydrogen) atoms. The van der Waals surface area contributed by atoms with Crippen LogP contribution in [0, 0.1) is 0 Å². The average Bonchev–Trinajstić information content (AvgIpc) is 2.53. The summed E-state index contributed by atoms with van der Waals surface area (Å²) in [6.45, 7) is 0. The molecule has 0 saturated heterocycles. The van der Waals surface area contributed by atoms with Crippen molar-refractivity contribution < 1.29 is 24.5 Å². The van der Waals surface area contributed by atoms with Crippen molar-refractivity contribution in [1.82, 2.24) is 0 Å². The average molecular weight is 302 g/mol. The maximum atomic E-state index is 12.3. The van der Waals surface area contributed by atoms with Crippen molar-refractivity contribution in [1.29, 1.82) is 0 Å². The topological polar surface area (TPSA) is 76.0 Å². The van der Waals surface area contributed by atoms with Crippen LogP contribution in [-0.2, 0) is 14.3 Å². The summed E-state index contributed by atoms with van der Waals surface area (Å²) in [5.41, 5.74) is 0.888. The Balaban J connectivity index is 2.27. The predicted octanol–water partition coefficient (Wildman–Crippen LogP) is 2.35. The fourth-order valence-corrected chi connectivity index (χ4v) is 2.17. The molecule has 5 heteroatoms. The van der Waals surface area contributed by atoms with Gasteiger partial charge in [0.15, 0.2) is 11.6 Å². The Hall–Kier alpha value is -2.37. The maximum absolute atomic E-state index is 12.3. The van der Waals surface area contributed by atoms with Gasteiger partial charge in [0.05, 0.1) is 13.5 Å². The summed E-state index contributed by atoms with van der Waals surface area (Å²) >= 11 is 0. The van der Waals surface area contributed by atoms with Gasteiger partial charge in [-0.3, -0.25) is 4.79 Å². The molecule has 0 aromatic heterocycles. The minimum absolute atomic E-state index is 0.0245. The van der Waals surface area contributed by atoms with E-state index in [2.05, 4.69) is 0 Å². The summed E-state index contributed by atoms with van der Waals surface area (Å²) < 4.78 is 10.0. The molecule has 1 atom stereocenters. The van der Waals surface area contributed by atoms with E-state index in [1.807, 2.05) is 30.3 Å². The number of carbonyl (C=O) groups excluding carboxylic acids is 1. The predicted molar refractivity (Wildman–Crippen MR) is 81.8 cm³/mol. The zero-order chi connectivity index (χ0) is 16.2. The van der Waals surface area contributed by atoms with E-state index >= 15 is 0 Å². The van der Waals surface area contributed by atoms with Gasteiger partial charge in [-0.15, -0.1) is 0 Å². The van der Waals surface area contributed by atoms with Gasteiger partial charge in [-0.25, -0.2) is 0 Å². The SMILES string of the molecule is COC1=CC(O)(OC)CC(O)=C1C(=O)C=Cc1ccccc1. The number of aliphatic hydroxyl groups is 2. The second-order valence-corrected chi connectivity index (χ2v) is 4.87. The molecule has 116 valence electrons. The lowest BCUT2D eigenvalue weighted by Crippen LogP contribution is -2.33. The fraction of sp³-hybridized carbons (Fsp3) is 0.235. The first-order valence-corrected chi connectivity index (χ1v) is 6.73. The molecule has 1 aliphatic rings. The van der Waals surface area contributed by atoms with Gasteiger partial charge in [0.25, 0.3) is 0 Å². The highest BCUT2D eigenvalue weighted by atomic mass is 16.6. The molecule has 0 heterocycles. The van der Waals surface area contributed by atoms with E-state index in [4.69, 9.17) is 9.47 Å². The van der Waals surface area contributed by atoms with Gasteiger partial charge in [0, 0.05) is 13.2 Å². The molecule has 0 saturated carbocycles. The van der Waals surface area contributed by atoms with Crippen molar-refractivity contribution >= 4 is 11.9 Å². The number of aliphatic hydroxyl groups excluding tert-OH is 1. The lowest BCUT2D eigenvalue weighted by Gasteiger charge is -2.28. The second-order valence-electron chi connectivity index (χ2n) is 4.87. The van der Waals surface area contributed by atoms with Gasteiger partial charge >= 0.3 is 0 Å². The van der Waals surface area contributed by atoms with Gasteiger partial charge in [-0.05, 0) is 11.6 Å². The van der Waals surface area contributed by atoms with Crippen LogP contribution in [0.1, 0.15) is 12.0 Å². The van der Waals surface area contributed by atoms with Crippen LogP contribution in [0.5, 0.6) is 0 Å². The van der Waals surface area contributed by atoms with Crippen LogP contribution >= 0.6 is 0 Å². The van der Waals surface area contributed by atoms with Crippen molar-refractivity contribution in [3.05, 3.63) is 65.1 Å². The van der Waals surface area contributed by atoms with Crippen molar-refractivity contribution in [3.63, 3.8) is 0 Å². The van der Waals surface area contributed by atoms with Crippen molar-refractivity contribution in [2.45, 2.75) is 12.2 Å². The lowest BCUT2D eigenvalue weighted by atomic mass is 9.94. The Morgan fingerprint density at radius 1 is 1.27 bits per heavy atom. The Labute approximate surface area is 128 Å². The van der Waals surface area contributed by atoms with Crippen LogP contribution in [0.25, 0.3) is 6.08 Å². The van der Waals surface area contributed by atoms with Crippen LogP contribution in [0.15, 0.2) is 59.6 Å². The highest BCUT2D eigenvalue weighted by molar-refractivity contribution is 6.09. The van der Waals surface area contributed by atoms with E-state index in [1.54, 1.807) is 6.08 Å². The summed E-state index contributed by atoms with van der Waals surface area (Å²) in [6, 6.07) is 9.32. The third-order valence-corrected chi connectivity index (χ3v) is 3.36. The molecular weight excluding hydrogens is 284 g/mol. The Kier molecular flexibility index (Phi) is 4.80. The van der Waals surface area contributed by atoms with Crippen LogP contribution in [0.2, 0.25) is 0 Å². The molecule has 2 N–H and O–H groups in total. The van der Waals surface area contributed by atoms with Crippen LogP contribution in [-0.4, -0.2) is 36.0 Å². The smallest absolute Gasteiger partial charge is 0.196 e. The molecular formula is C17H18O5. The van der Waals surface area contributed by atoms with Crippen LogP contribution < -0.4 is 0 Å². The summed E-state index contributed by atoms with van der Waals surface area (Å²) in [5, 5.41) is 20.1. The molecule has 0 fully saturated rings. The third kappa shape index (κ3) is 3.44. The van der Waals surface area contributed by atoms with Gasteiger partial charge in [0.2, 0.25) is 0 Å². The van der Waals surface area contributed by atoms with Crippen molar-refractivity contribution in [3.8, 4) is 0 Å². The molecule has 1 aromatic rings. The van der Waals surface area contributed by atoms with Crippen LogP contribution in [0.4, 0.5) is 0 Å². The minimum atomic E-state index is -1.68. The molecule has 0 aliphatic heterocycles. The highest BCUT2D eigenvalue weighted by Gasteiger charge is 2.35. The summed E-state index contributed by atoms with van der Waals surface area (Å²) in [5.74, 6) is -2.28. The Morgan fingerprint density at radius 2 is 1.95 bits per heavy atom. The van der Waals surface area contributed by atoms with Gasteiger partial charge in [-0.2, -0.15) is 0 Å². The van der Waals surface area contributed by atoms with E-state index in [-0.39, 0.29) is 23.5 Å². The molecule has 0 spiro atoms. The van der Waals surface area contributed by atoms with Gasteiger partial charge in [-0.1, -0.05) is 36.4 Å². The zero-order valence-corrected chi connectivity index (χ0v) is 12.4. The third-order valence-electron chi connectivity index (χ3n) is 3.36. The molecule has 1 aromatic carbocycles. The summed E-state index contributed by atoms with van der Waals surface area (Å²) in [6.07, 6.45) is 4.06. The number of ether oxygens (including phenoxy) is 2. The first kappa shape index (κ1) is 16.0. The number of ketones is 1. The highest BCUT2D eigenvalue weighted by Crippen LogP contribution is 2.32. The van der Waals surface area contributed by atoms with Gasteiger partial charge in [0.1, 0.15) is 17.1 Å². The Morgan fingerprint density at radius 3 is 2.55 bits per heavy atom. The lowest BCUT2D eigenvalue weighted by molar-refractivity contribution is -0.152. The summed E-state index contributed by atoms with van der Waals surface area (Å²) in [7, 11) is 2.66. The van der Waals surface area contributed by atoms with Crippen LogP contribution in [0.3, 0.4) is 0 Å². The monoisotopic (exact) mass is 302 g/mol. The second kappa shape index (κ2) is 6.60. The number of benzene rings is 1. The molecule has 0 amide bonds. The zero-order valence-electron chi connectivity index (χ0n) is 12.4. The van der Waals surface area contributed by atoms with E-state index in [0.29, 0.717) is 0 Å². The maximum Gasteiger partial charge on any atom is 0.196 e. The molecule has 0 radical (unpaired) electrons. The minimum Gasteiger partial charge on any atom is -0.511 e. The number of hydrogen-bond acceptors (Lipinski definition) is 5. The number of hydrogen-bond donors (Lipinski definition) is 2. The standard InChI is InChI=1S/C17H18O5/c1-21-15-11-17(20,22-2)10-14(19)16(15)13(18)9-8-12-6-4-3-5-7-12/h3-9,11,19-20H,10H2,1-2H3. The van der Waals surface area contributed by atoms with E-state index in [0.717, 1.165) is 5.56 Å². The number of carbonyl (C=O) groups is 1. The largest absolute Gasteiger partial charge is 0.511 e. The number of allylic oxidation sites excluding steroid dienone is 2. The first-order chi connectivity index (χ1) is 10.5. The van der Waals surface area contributed by atoms with Crippen molar-refractivity contribution in [2.24, 2.45) is 0 Å². The molecule has 1 unspecified atom stereocenters. The molecule has 5 nitrogen and oxygen atoms in total. The molecule has 0 bridgehead atoms. The number of rotatable bonds is 5. The van der Waals surface area contributed by atoms with Gasteiger partial charge < -0.3 is 19.7 Å². The quantitative estimate of drug-likeness (QED) is 0.645. The first-order valence-electron chi connectivity index (χ1n) is 6.73. The normalized spacial score (nSPS) is 21.9. The summed E-state index contributed by atoms with van der Waals surface area (Å²) in [4.78, 5) is 12.3. The molecule has 1 aliphatic carbocycles. The van der Waals surface area contributed by atoms with E-state index < -0.39 is 11.6 Å².